The molecule has 1 rings (SSSR count). The Kier molecular flexibility index (Phi) is 4.92. The van der Waals surface area contributed by atoms with Gasteiger partial charge in [-0.3, -0.25) is 0 Å². The number of rotatable bonds is 6. The largest absolute Gasteiger partial charge is 0.494 e. The van der Waals surface area contributed by atoms with Gasteiger partial charge in [0.1, 0.15) is 0 Å². The minimum absolute atomic E-state index is 0.0811. The van der Waals surface area contributed by atoms with Crippen LogP contribution < -0.4 is 4.74 Å². The number of sulfone groups is 1. The molecule has 0 heterocycles. The highest BCUT2D eigenvalue weighted by Gasteiger charge is 2.19. The zero-order chi connectivity index (χ0) is 14.7. The maximum Gasteiger partial charge on any atom is 0.165 e. The zero-order valence-electron chi connectivity index (χ0n) is 11.3. The summed E-state index contributed by atoms with van der Waals surface area (Å²) in [5.41, 5.74) is -0.660. The fraction of sp³-hybridized carbons (Fsp3) is 0.538. The summed E-state index contributed by atoms with van der Waals surface area (Å²) in [6, 6.07) is 4.07. The van der Waals surface area contributed by atoms with Crippen LogP contribution in [0.3, 0.4) is 0 Å². The smallest absolute Gasteiger partial charge is 0.165 e. The molecule has 0 atom stereocenters. The Hall–Kier alpha value is -1.14. The Bertz CT molecular complexity index is 532. The van der Waals surface area contributed by atoms with Crippen molar-refractivity contribution < 1.29 is 22.7 Å². The van der Waals surface area contributed by atoms with Crippen LogP contribution in [0.25, 0.3) is 0 Å². The average Bonchev–Trinajstić information content (AvgIpc) is 2.25. The summed E-state index contributed by atoms with van der Waals surface area (Å²) in [7, 11) is -2.03. The third-order valence-electron chi connectivity index (χ3n) is 2.63. The van der Waals surface area contributed by atoms with Crippen LogP contribution in [0.4, 0.5) is 4.39 Å². The molecule has 6 heteroatoms. The number of halogens is 1. The molecule has 0 amide bonds. The van der Waals surface area contributed by atoms with Crippen LogP contribution in [-0.2, 0) is 15.6 Å². The summed E-state index contributed by atoms with van der Waals surface area (Å²) in [5.74, 6) is -0.885. The predicted octanol–water partition coefficient (Wildman–Crippen LogP) is 1.91. The van der Waals surface area contributed by atoms with E-state index in [1.54, 1.807) is 13.8 Å². The number of methoxy groups -OCH3 is 1. The normalized spacial score (nSPS) is 12.5. The van der Waals surface area contributed by atoms with Crippen molar-refractivity contribution in [2.45, 2.75) is 31.6 Å². The Morgan fingerprint density at radius 3 is 2.47 bits per heavy atom. The first-order valence-electron chi connectivity index (χ1n) is 5.88. The molecule has 0 aliphatic rings. The summed E-state index contributed by atoms with van der Waals surface area (Å²) in [5, 5.41) is 9.52. The van der Waals surface area contributed by atoms with E-state index >= 15 is 0 Å². The lowest BCUT2D eigenvalue weighted by atomic mass is 10.1. The van der Waals surface area contributed by atoms with Crippen molar-refractivity contribution in [3.8, 4) is 5.75 Å². The van der Waals surface area contributed by atoms with E-state index in [-0.39, 0.29) is 23.7 Å². The van der Waals surface area contributed by atoms with Gasteiger partial charge in [0.25, 0.3) is 0 Å². The Morgan fingerprint density at radius 1 is 1.37 bits per heavy atom. The summed E-state index contributed by atoms with van der Waals surface area (Å²) in [6.45, 7) is 3.10. The standard InChI is InChI=1S/C13H19FO4S/c1-13(2,15)6-7-19(16,17)9-10-4-5-12(18-3)11(14)8-10/h4-5,8,15H,6-7,9H2,1-3H3. The maximum atomic E-state index is 13.4. The zero-order valence-corrected chi connectivity index (χ0v) is 12.1. The van der Waals surface area contributed by atoms with E-state index in [0.717, 1.165) is 6.07 Å². The lowest BCUT2D eigenvalue weighted by Crippen LogP contribution is -2.24. The van der Waals surface area contributed by atoms with Crippen molar-refractivity contribution in [3.05, 3.63) is 29.6 Å². The van der Waals surface area contributed by atoms with Crippen molar-refractivity contribution >= 4 is 9.84 Å². The molecular weight excluding hydrogens is 271 g/mol. The van der Waals surface area contributed by atoms with Crippen LogP contribution >= 0.6 is 0 Å². The van der Waals surface area contributed by atoms with Gasteiger partial charge in [-0.05, 0) is 38.0 Å². The molecule has 0 fully saturated rings. The van der Waals surface area contributed by atoms with Gasteiger partial charge in [0.2, 0.25) is 0 Å². The summed E-state index contributed by atoms with van der Waals surface area (Å²) in [4.78, 5) is 0. The molecule has 0 aliphatic heterocycles. The molecule has 0 aromatic heterocycles. The highest BCUT2D eigenvalue weighted by atomic mass is 32.2. The first-order valence-corrected chi connectivity index (χ1v) is 7.70. The van der Waals surface area contributed by atoms with Gasteiger partial charge >= 0.3 is 0 Å². The van der Waals surface area contributed by atoms with Crippen LogP contribution in [0.5, 0.6) is 5.75 Å². The first kappa shape index (κ1) is 15.9. The third-order valence-corrected chi connectivity index (χ3v) is 4.23. The van der Waals surface area contributed by atoms with Crippen LogP contribution in [0.2, 0.25) is 0 Å². The van der Waals surface area contributed by atoms with E-state index in [1.807, 2.05) is 0 Å². The number of benzene rings is 1. The van der Waals surface area contributed by atoms with Gasteiger partial charge in [0, 0.05) is 0 Å². The van der Waals surface area contributed by atoms with E-state index in [4.69, 9.17) is 4.74 Å². The molecule has 4 nitrogen and oxygen atoms in total. The van der Waals surface area contributed by atoms with E-state index in [9.17, 15) is 17.9 Å². The third kappa shape index (κ3) is 5.57. The topological polar surface area (TPSA) is 63.6 Å². The predicted molar refractivity (Wildman–Crippen MR) is 71.4 cm³/mol. The quantitative estimate of drug-likeness (QED) is 0.869. The van der Waals surface area contributed by atoms with Gasteiger partial charge in [0.15, 0.2) is 21.4 Å². The fourth-order valence-corrected chi connectivity index (χ4v) is 3.17. The highest BCUT2D eigenvalue weighted by molar-refractivity contribution is 7.90. The Balaban J connectivity index is 2.76. The van der Waals surface area contributed by atoms with Crippen molar-refractivity contribution in [1.82, 2.24) is 0 Å². The second kappa shape index (κ2) is 5.88. The van der Waals surface area contributed by atoms with Crippen LogP contribution in [0, 0.1) is 5.82 Å². The molecule has 0 bridgehead atoms. The molecule has 1 N–H and O–H groups in total. The van der Waals surface area contributed by atoms with Gasteiger partial charge in [-0.2, -0.15) is 0 Å². The number of ether oxygens (including phenoxy) is 1. The molecular formula is C13H19FO4S. The van der Waals surface area contributed by atoms with Gasteiger partial charge in [-0.25, -0.2) is 12.8 Å². The molecule has 19 heavy (non-hydrogen) atoms. The molecule has 0 unspecified atom stereocenters. The average molecular weight is 290 g/mol. The van der Waals surface area contributed by atoms with Crippen molar-refractivity contribution in [2.24, 2.45) is 0 Å². The molecule has 0 spiro atoms. The van der Waals surface area contributed by atoms with Gasteiger partial charge in [0.05, 0.1) is 24.2 Å². The van der Waals surface area contributed by atoms with E-state index in [1.165, 1.54) is 19.2 Å². The lowest BCUT2D eigenvalue weighted by molar-refractivity contribution is 0.0772. The van der Waals surface area contributed by atoms with Crippen molar-refractivity contribution in [3.63, 3.8) is 0 Å². The first-order chi connectivity index (χ1) is 8.63. The van der Waals surface area contributed by atoms with Crippen LogP contribution in [0.15, 0.2) is 18.2 Å². The number of aliphatic hydroxyl groups is 1. The Labute approximate surface area is 113 Å². The monoisotopic (exact) mass is 290 g/mol. The van der Waals surface area contributed by atoms with E-state index < -0.39 is 21.3 Å². The molecule has 0 saturated carbocycles. The second-order valence-electron chi connectivity index (χ2n) is 5.12. The lowest BCUT2D eigenvalue weighted by Gasteiger charge is -2.16. The van der Waals surface area contributed by atoms with Gasteiger partial charge < -0.3 is 9.84 Å². The van der Waals surface area contributed by atoms with Crippen LogP contribution in [0.1, 0.15) is 25.8 Å². The van der Waals surface area contributed by atoms with E-state index in [0.29, 0.717) is 5.56 Å². The SMILES string of the molecule is COc1ccc(CS(=O)(=O)CCC(C)(C)O)cc1F. The molecule has 0 saturated heterocycles. The van der Waals surface area contributed by atoms with Crippen LogP contribution in [-0.4, -0.2) is 32.0 Å². The highest BCUT2D eigenvalue weighted by Crippen LogP contribution is 2.20. The summed E-state index contributed by atoms with van der Waals surface area (Å²) in [6.07, 6.45) is 0.147. The summed E-state index contributed by atoms with van der Waals surface area (Å²) >= 11 is 0. The van der Waals surface area contributed by atoms with Crippen molar-refractivity contribution in [2.75, 3.05) is 12.9 Å². The number of hydrogen-bond acceptors (Lipinski definition) is 4. The second-order valence-corrected chi connectivity index (χ2v) is 7.31. The molecule has 1 aromatic rings. The molecule has 1 aromatic carbocycles. The Morgan fingerprint density at radius 2 is 2.00 bits per heavy atom. The minimum atomic E-state index is -3.37. The van der Waals surface area contributed by atoms with Crippen molar-refractivity contribution in [1.29, 1.82) is 0 Å². The van der Waals surface area contributed by atoms with E-state index in [2.05, 4.69) is 0 Å². The van der Waals surface area contributed by atoms with Gasteiger partial charge in [-0.1, -0.05) is 6.07 Å². The van der Waals surface area contributed by atoms with Gasteiger partial charge in [-0.15, -0.1) is 0 Å². The number of hydrogen-bond donors (Lipinski definition) is 1. The molecule has 108 valence electrons. The molecule has 0 radical (unpaired) electrons. The molecule has 0 aliphatic carbocycles. The summed E-state index contributed by atoms with van der Waals surface area (Å²) < 4.78 is 41.9. The minimum Gasteiger partial charge on any atom is -0.494 e. The maximum absolute atomic E-state index is 13.4. The fourth-order valence-electron chi connectivity index (χ4n) is 1.53.